The predicted molar refractivity (Wildman–Crippen MR) is 507 cm³/mol. The Bertz CT molecular complexity index is 7060. The van der Waals surface area contributed by atoms with Crippen molar-refractivity contribution in [3.63, 3.8) is 0 Å². The highest BCUT2D eigenvalue weighted by Gasteiger charge is 2.42. The molecule has 1 unspecified atom stereocenters. The van der Waals surface area contributed by atoms with Crippen LogP contribution in [0.1, 0.15) is 48.6 Å². The molecule has 0 aliphatic heterocycles. The van der Waals surface area contributed by atoms with Crippen LogP contribution in [0.25, 0.3) is 144 Å². The highest BCUT2D eigenvalue weighted by Crippen LogP contribution is 2.58. The molecule has 0 aromatic heterocycles. The number of rotatable bonds is 18. The summed E-state index contributed by atoms with van der Waals surface area (Å²) < 4.78 is 0. The monoisotopic (exact) mass is 1530 g/mol. The Morgan fingerprint density at radius 1 is 0.192 bits per heavy atom. The van der Waals surface area contributed by atoms with Crippen molar-refractivity contribution in [2.24, 2.45) is 0 Å². The van der Waals surface area contributed by atoms with Gasteiger partial charge in [-0.15, -0.1) is 0 Å². The van der Waals surface area contributed by atoms with Gasteiger partial charge in [0.25, 0.3) is 0 Å². The second-order valence-corrected chi connectivity index (χ2v) is 32.7. The summed E-state index contributed by atoms with van der Waals surface area (Å²) in [7, 11) is 0. The molecule has 0 bridgehead atoms. The van der Waals surface area contributed by atoms with Crippen LogP contribution in [0.5, 0.6) is 0 Å². The van der Waals surface area contributed by atoms with Gasteiger partial charge < -0.3 is 9.80 Å². The highest BCUT2D eigenvalue weighted by molar-refractivity contribution is 6.08. The Morgan fingerprint density at radius 3 is 0.983 bits per heavy atom. The molecule has 0 fully saturated rings. The molecular formula is C118H86N2. The number of hydrogen-bond acceptors (Lipinski definition) is 2. The Labute approximate surface area is 704 Å². The van der Waals surface area contributed by atoms with E-state index in [0.29, 0.717) is 0 Å². The van der Waals surface area contributed by atoms with E-state index in [0.717, 1.165) is 90.6 Å². The van der Waals surface area contributed by atoms with Gasteiger partial charge in [-0.2, -0.15) is 0 Å². The number of para-hydroxylation sites is 5. The molecule has 568 valence electrons. The molecule has 2 aliphatic rings. The van der Waals surface area contributed by atoms with Crippen molar-refractivity contribution in [3.8, 4) is 134 Å². The lowest BCUT2D eigenvalue weighted by Crippen LogP contribution is -2.24. The molecule has 19 aromatic rings. The van der Waals surface area contributed by atoms with Crippen LogP contribution < -0.4 is 9.80 Å². The lowest BCUT2D eigenvalue weighted by atomic mass is 9.75. The maximum absolute atomic E-state index is 2.53. The van der Waals surface area contributed by atoms with E-state index in [4.69, 9.17) is 0 Å². The summed E-state index contributed by atoms with van der Waals surface area (Å²) in [6.07, 6.45) is 0.797. The van der Waals surface area contributed by atoms with Gasteiger partial charge in [0, 0.05) is 44.3 Å². The Kier molecular flexibility index (Phi) is 18.5. The van der Waals surface area contributed by atoms with Gasteiger partial charge >= 0.3 is 0 Å². The summed E-state index contributed by atoms with van der Waals surface area (Å²) in [5.74, 6) is 0. The zero-order valence-electron chi connectivity index (χ0n) is 67.4. The molecule has 0 radical (unpaired) electrons. The van der Waals surface area contributed by atoms with Gasteiger partial charge in [-0.1, -0.05) is 433 Å². The first-order chi connectivity index (χ1) is 59.2. The minimum Gasteiger partial charge on any atom is -0.309 e. The number of nitrogens with zero attached hydrogens (tertiary/aromatic N) is 2. The van der Waals surface area contributed by atoms with Crippen LogP contribution in [0.15, 0.2) is 455 Å². The molecule has 1 atom stereocenters. The average Bonchev–Trinajstić information content (AvgIpc) is 1.56. The largest absolute Gasteiger partial charge is 0.309 e. The lowest BCUT2D eigenvalue weighted by molar-refractivity contribution is 0.583. The SMILES string of the molecule is CC1(C)c2ccccc2-c2c(-c3ccccc3N(c3ccccc3-c3ccc(-c4ccccc4)cc3)c3ccccc3-c3ccc(-c4cccc(CC5(C)c6ccccc6-c6c(-c7ccccc7N(c7ccc(-c8cccc9cccc(-c%10ccccc%10)c89)cc7)c7ccccc7-c7ccc(-c8ccccc8)cc7)cccc65)c4)cc3)cccc21. The van der Waals surface area contributed by atoms with Crippen LogP contribution in [-0.2, 0) is 17.3 Å². The van der Waals surface area contributed by atoms with Gasteiger partial charge in [0.05, 0.1) is 28.4 Å². The molecule has 0 N–H and O–H groups in total. The molecule has 19 aromatic carbocycles. The molecule has 0 amide bonds. The molecule has 0 saturated carbocycles. The van der Waals surface area contributed by atoms with Crippen LogP contribution in [-0.4, -0.2) is 0 Å². The van der Waals surface area contributed by atoms with Gasteiger partial charge in [-0.3, -0.25) is 0 Å². The fourth-order valence-electron chi connectivity index (χ4n) is 19.6. The molecule has 2 aliphatic carbocycles. The van der Waals surface area contributed by atoms with Crippen LogP contribution in [0.3, 0.4) is 0 Å². The lowest BCUT2D eigenvalue weighted by Gasteiger charge is -2.32. The summed E-state index contributed by atoms with van der Waals surface area (Å²) in [6, 6.07) is 169. The van der Waals surface area contributed by atoms with Crippen molar-refractivity contribution >= 4 is 44.9 Å². The minimum atomic E-state index is -0.380. The van der Waals surface area contributed by atoms with Gasteiger partial charge in [0.15, 0.2) is 0 Å². The third-order valence-electron chi connectivity index (χ3n) is 25.4. The summed E-state index contributed by atoms with van der Waals surface area (Å²) >= 11 is 0. The fourth-order valence-corrected chi connectivity index (χ4v) is 19.6. The van der Waals surface area contributed by atoms with Crippen molar-refractivity contribution in [2.45, 2.75) is 38.0 Å². The molecule has 120 heavy (non-hydrogen) atoms. The van der Waals surface area contributed by atoms with Gasteiger partial charge in [0.1, 0.15) is 0 Å². The Morgan fingerprint density at radius 2 is 0.483 bits per heavy atom. The summed E-state index contributed by atoms with van der Waals surface area (Å²) in [4.78, 5) is 5.04. The fraction of sp³-hybridized carbons (Fsp3) is 0.0508. The number of anilines is 6. The van der Waals surface area contributed by atoms with Crippen LogP contribution in [0.2, 0.25) is 0 Å². The van der Waals surface area contributed by atoms with Crippen molar-refractivity contribution < 1.29 is 0 Å². The number of fused-ring (bicyclic) bond motifs is 7. The second kappa shape index (κ2) is 30.6. The predicted octanol–water partition coefficient (Wildman–Crippen LogP) is 32.3. The van der Waals surface area contributed by atoms with E-state index >= 15 is 0 Å². The molecule has 0 saturated heterocycles. The summed E-state index contributed by atoms with van der Waals surface area (Å²) in [5.41, 5.74) is 41.2. The smallest absolute Gasteiger partial charge is 0.0540 e. The quantitative estimate of drug-likeness (QED) is 0.0845. The van der Waals surface area contributed by atoms with E-state index in [1.54, 1.807) is 0 Å². The molecular weight excluding hydrogens is 1450 g/mol. The zero-order chi connectivity index (χ0) is 80.3. The zero-order valence-corrected chi connectivity index (χ0v) is 67.4. The Balaban J connectivity index is 0.641. The first kappa shape index (κ1) is 72.7. The number of benzene rings is 19. The van der Waals surface area contributed by atoms with Crippen LogP contribution >= 0.6 is 0 Å². The van der Waals surface area contributed by atoms with Crippen molar-refractivity contribution in [1.29, 1.82) is 0 Å². The van der Waals surface area contributed by atoms with E-state index in [9.17, 15) is 0 Å². The highest BCUT2D eigenvalue weighted by atomic mass is 15.2. The van der Waals surface area contributed by atoms with Crippen molar-refractivity contribution in [1.82, 2.24) is 0 Å². The first-order valence-electron chi connectivity index (χ1n) is 41.9. The normalized spacial score (nSPS) is 13.4. The third-order valence-corrected chi connectivity index (χ3v) is 25.4. The number of hydrogen-bond donors (Lipinski definition) is 0. The van der Waals surface area contributed by atoms with Gasteiger partial charge in [-0.25, -0.2) is 0 Å². The van der Waals surface area contributed by atoms with Crippen molar-refractivity contribution in [2.75, 3.05) is 9.80 Å². The first-order valence-corrected chi connectivity index (χ1v) is 41.9. The van der Waals surface area contributed by atoms with Gasteiger partial charge in [-0.05, 0) is 193 Å². The minimum absolute atomic E-state index is 0.160. The van der Waals surface area contributed by atoms with Crippen LogP contribution in [0, 0.1) is 0 Å². The van der Waals surface area contributed by atoms with Crippen LogP contribution in [0.4, 0.5) is 34.1 Å². The van der Waals surface area contributed by atoms with E-state index in [-0.39, 0.29) is 10.8 Å². The average molecular weight is 1530 g/mol. The summed E-state index contributed by atoms with van der Waals surface area (Å²) in [5, 5.41) is 2.46. The third kappa shape index (κ3) is 12.8. The second-order valence-electron chi connectivity index (χ2n) is 32.7. The van der Waals surface area contributed by atoms with E-state index in [2.05, 4.69) is 486 Å². The van der Waals surface area contributed by atoms with E-state index in [1.807, 2.05) is 0 Å². The standard InChI is InChI=1S/C118H86N2/c1-117(2)105-53-20-13-47-103(105)115-101(51-30-55-107(115)117)100-46-19-26-61-113(100)120(110-58-23-16-43-95(110)88-70-64-84(65-71-88)82-35-9-5-10-36-82)111-59-24-17-44-96(111)89-72-66-85(67-73-89)92-41-27-32-80(78-92)79-118(3)106-54-21-14-48-104(106)116-102(52-31-56-108(116)118)99-45-18-25-60-112(99)119(109-57-22-15-42-94(109)87-68-62-83(63-69-87)81-33-7-4-8-34-81)93-76-74-90(75-77-93)98-50-29-40-91-39-28-49-97(114(91)98)86-37-11-6-12-38-86/h4-78H,79H2,1-3H3. The van der Waals surface area contributed by atoms with Gasteiger partial charge in [0.2, 0.25) is 0 Å². The maximum Gasteiger partial charge on any atom is 0.0540 e. The summed E-state index contributed by atoms with van der Waals surface area (Å²) in [6.45, 7) is 7.23. The Hall–Kier alpha value is -15.0. The van der Waals surface area contributed by atoms with E-state index < -0.39 is 0 Å². The maximum atomic E-state index is 2.53. The molecule has 0 spiro atoms. The topological polar surface area (TPSA) is 6.48 Å². The molecule has 2 nitrogen and oxygen atoms in total. The van der Waals surface area contributed by atoms with E-state index in [1.165, 1.54) is 122 Å². The molecule has 2 heteroatoms. The molecule has 21 rings (SSSR count). The van der Waals surface area contributed by atoms with Crippen molar-refractivity contribution in [3.05, 3.63) is 483 Å². The molecule has 0 heterocycles.